The van der Waals surface area contributed by atoms with Gasteiger partial charge in [0, 0.05) is 36.6 Å². The molecule has 0 atom stereocenters. The minimum atomic E-state index is 0.0799. The third-order valence-electron chi connectivity index (χ3n) is 4.22. The van der Waals surface area contributed by atoms with E-state index in [1.165, 1.54) is 11.3 Å². The second kappa shape index (κ2) is 7.75. The number of nitrogens with one attached hydrogen (secondary N) is 1. The number of carbonyl (C=O) groups excluding carboxylic acids is 1. The normalized spacial score (nSPS) is 16.0. The summed E-state index contributed by atoms with van der Waals surface area (Å²) >= 11 is 1.75. The number of hydrogen-bond donors (Lipinski definition) is 1. The summed E-state index contributed by atoms with van der Waals surface area (Å²) in [5.74, 6) is 0.0799. The smallest absolute Gasteiger partial charge is 0.257 e. The Kier molecular flexibility index (Phi) is 5.46. The van der Waals surface area contributed by atoms with Crippen LogP contribution in [0.15, 0.2) is 28.4 Å². The molecule has 1 amide bonds. The molecule has 1 fully saturated rings. The molecule has 0 aliphatic carbocycles. The molecule has 0 aromatic carbocycles. The van der Waals surface area contributed by atoms with Gasteiger partial charge in [0.15, 0.2) is 0 Å². The van der Waals surface area contributed by atoms with Crippen LogP contribution in [0.25, 0.3) is 0 Å². The molecular weight excluding hydrogens is 310 g/mol. The van der Waals surface area contributed by atoms with Crippen LogP contribution in [0.5, 0.6) is 0 Å². The van der Waals surface area contributed by atoms with Gasteiger partial charge < -0.3 is 14.6 Å². The van der Waals surface area contributed by atoms with Crippen LogP contribution in [0.4, 0.5) is 0 Å². The quantitative estimate of drug-likeness (QED) is 0.826. The highest BCUT2D eigenvalue weighted by molar-refractivity contribution is 7.09. The zero-order valence-corrected chi connectivity index (χ0v) is 14.3. The van der Waals surface area contributed by atoms with Crippen molar-refractivity contribution < 1.29 is 9.21 Å². The number of thiazole rings is 1. The molecule has 124 valence electrons. The van der Waals surface area contributed by atoms with Crippen LogP contribution in [0, 0.1) is 6.92 Å². The van der Waals surface area contributed by atoms with E-state index < -0.39 is 0 Å². The summed E-state index contributed by atoms with van der Waals surface area (Å²) in [5.41, 5.74) is 1.77. The maximum atomic E-state index is 12.2. The van der Waals surface area contributed by atoms with Gasteiger partial charge in [-0.1, -0.05) is 0 Å². The predicted octanol–water partition coefficient (Wildman–Crippen LogP) is 2.87. The summed E-state index contributed by atoms with van der Waals surface area (Å²) in [6.07, 6.45) is 7.25. The second-order valence-electron chi connectivity index (χ2n) is 6.02. The predicted molar refractivity (Wildman–Crippen MR) is 90.8 cm³/mol. The van der Waals surface area contributed by atoms with E-state index in [1.54, 1.807) is 23.7 Å². The molecule has 1 aliphatic rings. The van der Waals surface area contributed by atoms with Gasteiger partial charge in [0.25, 0.3) is 5.91 Å². The Hall–Kier alpha value is -1.66. The van der Waals surface area contributed by atoms with Crippen LogP contribution < -0.4 is 5.32 Å². The number of nitrogens with zero attached hydrogens (tertiary/aromatic N) is 2. The van der Waals surface area contributed by atoms with Gasteiger partial charge in [-0.05, 0) is 38.8 Å². The highest BCUT2D eigenvalue weighted by atomic mass is 32.1. The number of furan rings is 1. The summed E-state index contributed by atoms with van der Waals surface area (Å²) in [6.45, 7) is 4.68. The van der Waals surface area contributed by atoms with Crippen molar-refractivity contribution in [2.45, 2.75) is 38.6 Å². The van der Waals surface area contributed by atoms with Crippen molar-refractivity contribution in [3.63, 3.8) is 0 Å². The third kappa shape index (κ3) is 4.42. The minimum absolute atomic E-state index is 0.0799. The van der Waals surface area contributed by atoms with Gasteiger partial charge in [0.2, 0.25) is 0 Å². The van der Waals surface area contributed by atoms with E-state index in [2.05, 4.69) is 15.7 Å². The van der Waals surface area contributed by atoms with Crippen molar-refractivity contribution in [1.29, 1.82) is 0 Å². The van der Waals surface area contributed by atoms with Crippen LogP contribution in [-0.4, -0.2) is 41.5 Å². The summed E-state index contributed by atoms with van der Waals surface area (Å²) in [6, 6.07) is 2.24. The van der Waals surface area contributed by atoms with Gasteiger partial charge in [-0.2, -0.15) is 0 Å². The van der Waals surface area contributed by atoms with E-state index in [0.717, 1.165) is 51.0 Å². The Morgan fingerprint density at radius 1 is 1.48 bits per heavy atom. The van der Waals surface area contributed by atoms with Gasteiger partial charge in [-0.3, -0.25) is 4.79 Å². The number of piperidine rings is 1. The van der Waals surface area contributed by atoms with Crippen LogP contribution in [0.2, 0.25) is 0 Å². The molecule has 1 saturated heterocycles. The van der Waals surface area contributed by atoms with E-state index in [9.17, 15) is 4.79 Å². The van der Waals surface area contributed by atoms with Gasteiger partial charge in [-0.15, -0.1) is 11.3 Å². The third-order valence-corrected chi connectivity index (χ3v) is 5.24. The van der Waals surface area contributed by atoms with Gasteiger partial charge in [0.05, 0.1) is 16.8 Å². The van der Waals surface area contributed by atoms with Crippen molar-refractivity contribution in [2.75, 3.05) is 19.6 Å². The monoisotopic (exact) mass is 333 g/mol. The van der Waals surface area contributed by atoms with Crippen LogP contribution in [0.1, 0.15) is 40.3 Å². The zero-order chi connectivity index (χ0) is 16.1. The number of carbonyl (C=O) groups is 1. The molecular formula is C17H23N3O2S. The molecule has 0 bridgehead atoms. The summed E-state index contributed by atoms with van der Waals surface area (Å²) < 4.78 is 4.99. The van der Waals surface area contributed by atoms with E-state index in [-0.39, 0.29) is 5.91 Å². The van der Waals surface area contributed by atoms with Crippen molar-refractivity contribution in [3.05, 3.63) is 40.2 Å². The lowest BCUT2D eigenvalue weighted by atomic mass is 10.0. The maximum absolute atomic E-state index is 12.2. The molecule has 2 aromatic heterocycles. The number of rotatable bonds is 6. The Balaban J connectivity index is 1.34. The highest BCUT2D eigenvalue weighted by Gasteiger charge is 2.23. The molecule has 23 heavy (non-hydrogen) atoms. The lowest BCUT2D eigenvalue weighted by Crippen LogP contribution is -2.45. The van der Waals surface area contributed by atoms with E-state index in [0.29, 0.717) is 11.6 Å². The first-order valence-electron chi connectivity index (χ1n) is 8.18. The van der Waals surface area contributed by atoms with Crippen molar-refractivity contribution >= 4 is 17.2 Å². The molecule has 1 aliphatic heterocycles. The first kappa shape index (κ1) is 16.2. The average molecular weight is 333 g/mol. The molecule has 2 aromatic rings. The van der Waals surface area contributed by atoms with E-state index >= 15 is 0 Å². The SMILES string of the molecule is Cc1csc(CCCNC2CCN(C(=O)c3ccoc3)CC2)n1. The van der Waals surface area contributed by atoms with Crippen LogP contribution >= 0.6 is 11.3 Å². The Labute approximate surface area is 140 Å². The number of amides is 1. The number of likely N-dealkylation sites (tertiary alicyclic amines) is 1. The summed E-state index contributed by atoms with van der Waals surface area (Å²) in [5, 5.41) is 6.95. The average Bonchev–Trinajstić information content (AvgIpc) is 3.23. The van der Waals surface area contributed by atoms with Crippen molar-refractivity contribution in [2.24, 2.45) is 0 Å². The van der Waals surface area contributed by atoms with Gasteiger partial charge in [-0.25, -0.2) is 4.98 Å². The van der Waals surface area contributed by atoms with Crippen molar-refractivity contribution in [1.82, 2.24) is 15.2 Å². The fraction of sp³-hybridized carbons (Fsp3) is 0.529. The fourth-order valence-electron chi connectivity index (χ4n) is 2.92. The lowest BCUT2D eigenvalue weighted by Gasteiger charge is -2.32. The molecule has 3 rings (SSSR count). The standard InChI is InChI=1S/C17H23N3O2S/c1-13-12-23-16(19-13)3-2-7-18-15-4-8-20(9-5-15)17(21)14-6-10-22-11-14/h6,10-12,15,18H,2-5,7-9H2,1H3. The maximum Gasteiger partial charge on any atom is 0.257 e. The molecule has 0 spiro atoms. The number of hydrogen-bond acceptors (Lipinski definition) is 5. The minimum Gasteiger partial charge on any atom is -0.472 e. The number of aromatic nitrogens is 1. The molecule has 5 nitrogen and oxygen atoms in total. The first-order chi connectivity index (χ1) is 11.2. The largest absolute Gasteiger partial charge is 0.472 e. The number of aryl methyl sites for hydroxylation is 2. The summed E-state index contributed by atoms with van der Waals surface area (Å²) in [7, 11) is 0. The Morgan fingerprint density at radius 2 is 2.30 bits per heavy atom. The van der Waals surface area contributed by atoms with Gasteiger partial charge in [0.1, 0.15) is 6.26 Å². The first-order valence-corrected chi connectivity index (χ1v) is 9.06. The molecule has 1 N–H and O–H groups in total. The molecule has 6 heteroatoms. The fourth-order valence-corrected chi connectivity index (χ4v) is 3.74. The van der Waals surface area contributed by atoms with E-state index in [4.69, 9.17) is 4.42 Å². The topological polar surface area (TPSA) is 58.4 Å². The van der Waals surface area contributed by atoms with Crippen LogP contribution in [-0.2, 0) is 6.42 Å². The molecule has 0 unspecified atom stereocenters. The van der Waals surface area contributed by atoms with E-state index in [1.807, 2.05) is 11.8 Å². The Morgan fingerprint density at radius 3 is 2.96 bits per heavy atom. The molecule has 0 saturated carbocycles. The molecule has 3 heterocycles. The summed E-state index contributed by atoms with van der Waals surface area (Å²) in [4.78, 5) is 18.6. The zero-order valence-electron chi connectivity index (χ0n) is 13.5. The lowest BCUT2D eigenvalue weighted by molar-refractivity contribution is 0.0704. The van der Waals surface area contributed by atoms with Crippen LogP contribution in [0.3, 0.4) is 0 Å². The molecule has 0 radical (unpaired) electrons. The second-order valence-corrected chi connectivity index (χ2v) is 6.96. The Bertz CT molecular complexity index is 616. The van der Waals surface area contributed by atoms with Crippen molar-refractivity contribution in [3.8, 4) is 0 Å². The highest BCUT2D eigenvalue weighted by Crippen LogP contribution is 2.15. The van der Waals surface area contributed by atoms with Gasteiger partial charge >= 0.3 is 0 Å².